The quantitative estimate of drug-likeness (QED) is 0.881. The Balaban J connectivity index is 1.73. The first kappa shape index (κ1) is 14.7. The fraction of sp³-hybridized carbons (Fsp3) is 0.500. The average Bonchev–Trinajstić information content (AvgIpc) is 2.44. The summed E-state index contributed by atoms with van der Waals surface area (Å²) in [5.74, 6) is -0.432. The number of nitrogens with one attached hydrogen (secondary N) is 2. The predicted octanol–water partition coefficient (Wildman–Crippen LogP) is 1.59. The number of nitrogens with zero attached hydrogens (tertiary/aromatic N) is 1. The number of halogens is 1. The monoisotopic (exact) mass is 281 g/mol. The number of amides is 2. The number of urea groups is 1. The van der Waals surface area contributed by atoms with Gasteiger partial charge in [0.2, 0.25) is 0 Å². The molecule has 0 saturated carbocycles. The van der Waals surface area contributed by atoms with Gasteiger partial charge in [0.1, 0.15) is 5.82 Å². The maximum Gasteiger partial charge on any atom is 0.319 e. The van der Waals surface area contributed by atoms with Crippen LogP contribution < -0.4 is 10.6 Å². The van der Waals surface area contributed by atoms with E-state index in [2.05, 4.69) is 15.5 Å². The van der Waals surface area contributed by atoms with Gasteiger partial charge in [0.25, 0.3) is 0 Å². The van der Waals surface area contributed by atoms with E-state index in [0.717, 1.165) is 38.4 Å². The molecule has 1 aliphatic heterocycles. The molecule has 1 aromatic rings. The van der Waals surface area contributed by atoms with Gasteiger partial charge in [0, 0.05) is 26.2 Å². The topological polar surface area (TPSA) is 53.6 Å². The summed E-state index contributed by atoms with van der Waals surface area (Å²) < 4.78 is 18.7. The van der Waals surface area contributed by atoms with Crippen LogP contribution in [0.3, 0.4) is 0 Å². The lowest BCUT2D eigenvalue weighted by atomic mass is 10.2. The number of morpholine rings is 1. The molecule has 1 fully saturated rings. The average molecular weight is 281 g/mol. The van der Waals surface area contributed by atoms with Crippen LogP contribution in [-0.4, -0.2) is 50.3 Å². The SMILES string of the molecule is Cc1ccc(F)c(NC(=O)NCCN2CCOCC2)c1. The van der Waals surface area contributed by atoms with E-state index >= 15 is 0 Å². The first-order valence-electron chi connectivity index (χ1n) is 6.76. The van der Waals surface area contributed by atoms with Crippen LogP contribution >= 0.6 is 0 Å². The molecule has 110 valence electrons. The first-order valence-corrected chi connectivity index (χ1v) is 6.76. The van der Waals surface area contributed by atoms with Crippen LogP contribution in [0.1, 0.15) is 5.56 Å². The van der Waals surface area contributed by atoms with Crippen molar-refractivity contribution >= 4 is 11.7 Å². The first-order chi connectivity index (χ1) is 9.65. The molecule has 0 spiro atoms. The predicted molar refractivity (Wildman–Crippen MR) is 75.4 cm³/mol. The summed E-state index contributed by atoms with van der Waals surface area (Å²) >= 11 is 0. The fourth-order valence-corrected chi connectivity index (χ4v) is 2.05. The number of anilines is 1. The zero-order valence-electron chi connectivity index (χ0n) is 11.6. The van der Waals surface area contributed by atoms with Crippen molar-refractivity contribution in [1.29, 1.82) is 0 Å². The van der Waals surface area contributed by atoms with Crippen molar-refractivity contribution in [3.63, 3.8) is 0 Å². The lowest BCUT2D eigenvalue weighted by molar-refractivity contribution is 0.0388. The minimum Gasteiger partial charge on any atom is -0.379 e. The lowest BCUT2D eigenvalue weighted by Gasteiger charge is -2.26. The molecule has 0 bridgehead atoms. The number of ether oxygens (including phenoxy) is 1. The van der Waals surface area contributed by atoms with Gasteiger partial charge in [-0.05, 0) is 24.6 Å². The summed E-state index contributed by atoms with van der Waals surface area (Å²) in [6, 6.07) is 4.23. The standard InChI is InChI=1S/C14H20FN3O2/c1-11-2-3-12(15)13(10-11)17-14(19)16-4-5-18-6-8-20-9-7-18/h2-3,10H,4-9H2,1H3,(H2,16,17,19). The molecule has 0 unspecified atom stereocenters. The molecule has 20 heavy (non-hydrogen) atoms. The minimum atomic E-state index is -0.432. The van der Waals surface area contributed by atoms with Crippen molar-refractivity contribution in [3.05, 3.63) is 29.6 Å². The summed E-state index contributed by atoms with van der Waals surface area (Å²) in [7, 11) is 0. The number of aryl methyl sites for hydroxylation is 1. The van der Waals surface area contributed by atoms with Gasteiger partial charge in [0.15, 0.2) is 0 Å². The molecule has 0 aromatic heterocycles. The number of carbonyl (C=O) groups excluding carboxylic acids is 1. The van der Waals surface area contributed by atoms with Crippen LogP contribution in [0.2, 0.25) is 0 Å². The Bertz CT molecular complexity index is 462. The van der Waals surface area contributed by atoms with Crippen LogP contribution in [0.5, 0.6) is 0 Å². The minimum absolute atomic E-state index is 0.203. The Labute approximate surface area is 118 Å². The van der Waals surface area contributed by atoms with E-state index in [1.807, 2.05) is 6.92 Å². The van der Waals surface area contributed by atoms with Gasteiger partial charge in [-0.25, -0.2) is 9.18 Å². The van der Waals surface area contributed by atoms with Gasteiger partial charge in [-0.2, -0.15) is 0 Å². The second-order valence-corrected chi connectivity index (χ2v) is 4.82. The maximum atomic E-state index is 13.5. The summed E-state index contributed by atoms with van der Waals surface area (Å²) in [5, 5.41) is 5.25. The highest BCUT2D eigenvalue weighted by atomic mass is 19.1. The Morgan fingerprint density at radius 1 is 1.40 bits per heavy atom. The molecule has 2 N–H and O–H groups in total. The summed E-state index contributed by atoms with van der Waals surface area (Å²) in [4.78, 5) is 13.9. The number of benzene rings is 1. The Morgan fingerprint density at radius 3 is 2.90 bits per heavy atom. The van der Waals surface area contributed by atoms with E-state index in [1.54, 1.807) is 12.1 Å². The molecule has 1 saturated heterocycles. The summed E-state index contributed by atoms with van der Waals surface area (Å²) in [5.41, 5.74) is 1.10. The molecule has 0 radical (unpaired) electrons. The maximum absolute atomic E-state index is 13.5. The van der Waals surface area contributed by atoms with Gasteiger partial charge in [-0.3, -0.25) is 4.90 Å². The molecule has 5 nitrogen and oxygen atoms in total. The van der Waals surface area contributed by atoms with Crippen molar-refractivity contribution in [2.75, 3.05) is 44.7 Å². The molecule has 0 aliphatic carbocycles. The second kappa shape index (κ2) is 7.21. The number of rotatable bonds is 4. The zero-order valence-corrected chi connectivity index (χ0v) is 11.6. The molecule has 1 heterocycles. The van der Waals surface area contributed by atoms with Gasteiger partial charge in [-0.15, -0.1) is 0 Å². The zero-order chi connectivity index (χ0) is 14.4. The number of hydrogen-bond donors (Lipinski definition) is 2. The molecular weight excluding hydrogens is 261 g/mol. The normalized spacial score (nSPS) is 15.9. The lowest BCUT2D eigenvalue weighted by Crippen LogP contribution is -2.42. The third-order valence-corrected chi connectivity index (χ3v) is 3.19. The van der Waals surface area contributed by atoms with Crippen LogP contribution in [0.4, 0.5) is 14.9 Å². The van der Waals surface area contributed by atoms with Crippen molar-refractivity contribution in [2.24, 2.45) is 0 Å². The van der Waals surface area contributed by atoms with Gasteiger partial charge in [-0.1, -0.05) is 6.07 Å². The molecule has 2 rings (SSSR count). The third kappa shape index (κ3) is 4.47. The fourth-order valence-electron chi connectivity index (χ4n) is 2.05. The molecule has 1 aromatic carbocycles. The van der Waals surface area contributed by atoms with E-state index < -0.39 is 5.82 Å². The highest BCUT2D eigenvalue weighted by Gasteiger charge is 2.11. The Morgan fingerprint density at radius 2 is 2.15 bits per heavy atom. The van der Waals surface area contributed by atoms with Gasteiger partial charge < -0.3 is 15.4 Å². The number of carbonyl (C=O) groups is 1. The van der Waals surface area contributed by atoms with E-state index in [9.17, 15) is 9.18 Å². The summed E-state index contributed by atoms with van der Waals surface area (Å²) in [6.45, 7) is 6.39. The van der Waals surface area contributed by atoms with Gasteiger partial charge >= 0.3 is 6.03 Å². The molecule has 6 heteroatoms. The molecule has 2 amide bonds. The molecule has 0 atom stereocenters. The second-order valence-electron chi connectivity index (χ2n) is 4.82. The number of hydrogen-bond acceptors (Lipinski definition) is 3. The summed E-state index contributed by atoms with van der Waals surface area (Å²) in [6.07, 6.45) is 0. The van der Waals surface area contributed by atoms with Gasteiger partial charge in [0.05, 0.1) is 18.9 Å². The van der Waals surface area contributed by atoms with E-state index in [-0.39, 0.29) is 11.7 Å². The van der Waals surface area contributed by atoms with Crippen molar-refractivity contribution in [2.45, 2.75) is 6.92 Å². The van der Waals surface area contributed by atoms with Crippen LogP contribution in [0.15, 0.2) is 18.2 Å². The Kier molecular flexibility index (Phi) is 5.31. The molecular formula is C14H20FN3O2. The van der Waals surface area contributed by atoms with E-state index in [4.69, 9.17) is 4.74 Å². The molecule has 1 aliphatic rings. The highest BCUT2D eigenvalue weighted by Crippen LogP contribution is 2.15. The smallest absolute Gasteiger partial charge is 0.319 e. The van der Waals surface area contributed by atoms with Crippen molar-refractivity contribution < 1.29 is 13.9 Å². The van der Waals surface area contributed by atoms with Crippen LogP contribution in [0, 0.1) is 12.7 Å². The van der Waals surface area contributed by atoms with E-state index in [0.29, 0.717) is 6.54 Å². The highest BCUT2D eigenvalue weighted by molar-refractivity contribution is 5.89. The third-order valence-electron chi connectivity index (χ3n) is 3.19. The van der Waals surface area contributed by atoms with Crippen molar-refractivity contribution in [1.82, 2.24) is 10.2 Å². The van der Waals surface area contributed by atoms with E-state index in [1.165, 1.54) is 6.07 Å². The van der Waals surface area contributed by atoms with Crippen LogP contribution in [0.25, 0.3) is 0 Å². The van der Waals surface area contributed by atoms with Crippen molar-refractivity contribution in [3.8, 4) is 0 Å². The largest absolute Gasteiger partial charge is 0.379 e. The van der Waals surface area contributed by atoms with Crippen LogP contribution in [-0.2, 0) is 4.74 Å². The Hall–Kier alpha value is -1.66.